The molecule has 19 rings (SSSR count). The largest absolute Gasteiger partial charge is 0.276 e. The SMILES string of the molecule is c1ccc(-c2cc(-c3ccccc3)nc(-n3c4ccc(-c5ccc6c7ccccc7c7ccccc7c6c5)cc4n4c5ccccc5nc34)n2)cc1.c1ccc(-c2ccc3c(c2)n2c4ccccc4nc2n3-c2cc(-c3ccccc3)nc(-c3ccccc3)n2)cc1. The Hall–Kier alpha value is -12.7. The van der Waals surface area contributed by atoms with E-state index in [-0.39, 0.29) is 0 Å². The third-order valence-corrected chi connectivity index (χ3v) is 17.7. The molecule has 0 fully saturated rings. The van der Waals surface area contributed by atoms with E-state index in [0.29, 0.717) is 11.8 Å². The van der Waals surface area contributed by atoms with Crippen LogP contribution in [0.1, 0.15) is 0 Å². The zero-order valence-corrected chi connectivity index (χ0v) is 49.5. The van der Waals surface area contributed by atoms with Crippen LogP contribution in [0.2, 0.25) is 0 Å². The van der Waals surface area contributed by atoms with Crippen molar-refractivity contribution >= 4 is 88.0 Å². The maximum atomic E-state index is 5.21. The molecule has 10 heteroatoms. The van der Waals surface area contributed by atoms with E-state index in [4.69, 9.17) is 29.9 Å². The number of benzene rings is 13. The molecule has 0 atom stereocenters. The summed E-state index contributed by atoms with van der Waals surface area (Å²) in [6, 6.07) is 110. The van der Waals surface area contributed by atoms with Gasteiger partial charge in [-0.2, -0.15) is 0 Å². The van der Waals surface area contributed by atoms with Crippen molar-refractivity contribution in [1.29, 1.82) is 0 Å². The van der Waals surface area contributed by atoms with Crippen LogP contribution >= 0.6 is 0 Å². The maximum absolute atomic E-state index is 5.21. The Morgan fingerprint density at radius 2 is 0.587 bits per heavy atom. The van der Waals surface area contributed by atoms with Gasteiger partial charge in [-0.1, -0.05) is 249 Å². The lowest BCUT2D eigenvalue weighted by molar-refractivity contribution is 0.972. The Morgan fingerprint density at radius 1 is 0.207 bits per heavy atom. The lowest BCUT2D eigenvalue weighted by Crippen LogP contribution is -2.04. The van der Waals surface area contributed by atoms with Gasteiger partial charge in [-0.15, -0.1) is 0 Å². The summed E-state index contributed by atoms with van der Waals surface area (Å²) in [5, 5.41) is 7.60. The molecule has 6 aromatic heterocycles. The molecule has 0 aliphatic heterocycles. The first-order valence-corrected chi connectivity index (χ1v) is 30.8. The predicted molar refractivity (Wildman–Crippen MR) is 375 cm³/mol. The Labute approximate surface area is 527 Å². The van der Waals surface area contributed by atoms with E-state index in [9.17, 15) is 0 Å². The summed E-state index contributed by atoms with van der Waals surface area (Å²) < 4.78 is 8.76. The molecular weight excluding hydrogens is 1120 g/mol. The van der Waals surface area contributed by atoms with Gasteiger partial charge in [-0.25, -0.2) is 34.5 Å². The Kier molecular flexibility index (Phi) is 12.3. The average molecular weight is 1180 g/mol. The van der Waals surface area contributed by atoms with Crippen molar-refractivity contribution < 1.29 is 0 Å². The minimum atomic E-state index is 0.576. The molecule has 92 heavy (non-hydrogen) atoms. The normalized spacial score (nSPS) is 11.7. The summed E-state index contributed by atoms with van der Waals surface area (Å²) in [5.41, 5.74) is 19.4. The van der Waals surface area contributed by atoms with E-state index in [1.165, 1.54) is 37.9 Å². The highest BCUT2D eigenvalue weighted by Gasteiger charge is 2.24. The first-order valence-electron chi connectivity index (χ1n) is 30.8. The zero-order chi connectivity index (χ0) is 60.6. The predicted octanol–water partition coefficient (Wildman–Crippen LogP) is 19.9. The summed E-state index contributed by atoms with van der Waals surface area (Å²) in [7, 11) is 0. The van der Waals surface area contributed by atoms with Gasteiger partial charge in [0.2, 0.25) is 17.5 Å². The fraction of sp³-hybridized carbons (Fsp3) is 0. The average Bonchev–Trinajstić information content (AvgIpc) is 1.52. The summed E-state index contributed by atoms with van der Waals surface area (Å²) in [6.07, 6.45) is 0. The molecular formula is C82H52N10. The van der Waals surface area contributed by atoms with E-state index in [1.54, 1.807) is 0 Å². The number of hydrogen-bond acceptors (Lipinski definition) is 6. The van der Waals surface area contributed by atoms with Crippen LogP contribution in [-0.4, -0.2) is 47.8 Å². The van der Waals surface area contributed by atoms with Gasteiger partial charge in [0.15, 0.2) is 5.82 Å². The van der Waals surface area contributed by atoms with Crippen molar-refractivity contribution in [3.8, 4) is 79.2 Å². The molecule has 0 unspecified atom stereocenters. The topological polar surface area (TPSA) is 96.0 Å². The van der Waals surface area contributed by atoms with Crippen LogP contribution in [0.4, 0.5) is 0 Å². The highest BCUT2D eigenvalue weighted by atomic mass is 15.3. The van der Waals surface area contributed by atoms with Crippen LogP contribution in [0, 0.1) is 0 Å². The quantitative estimate of drug-likeness (QED) is 0.141. The molecule has 0 N–H and O–H groups in total. The first kappa shape index (κ1) is 52.5. The van der Waals surface area contributed by atoms with Crippen molar-refractivity contribution in [1.82, 2.24) is 47.8 Å². The van der Waals surface area contributed by atoms with Crippen molar-refractivity contribution in [3.05, 3.63) is 315 Å². The van der Waals surface area contributed by atoms with E-state index in [0.717, 1.165) is 118 Å². The van der Waals surface area contributed by atoms with E-state index in [2.05, 4.69) is 230 Å². The first-order chi connectivity index (χ1) is 45.6. The molecule has 0 saturated carbocycles. The van der Waals surface area contributed by atoms with Gasteiger partial charge in [-0.3, -0.25) is 13.4 Å². The molecule has 13 aromatic carbocycles. The number of nitrogens with zero attached hydrogens (tertiary/aromatic N) is 10. The zero-order valence-electron chi connectivity index (χ0n) is 49.5. The fourth-order valence-corrected chi connectivity index (χ4v) is 13.4. The number of fused-ring (bicyclic) bond motifs is 16. The van der Waals surface area contributed by atoms with E-state index < -0.39 is 0 Å². The van der Waals surface area contributed by atoms with Crippen LogP contribution < -0.4 is 0 Å². The van der Waals surface area contributed by atoms with Crippen LogP contribution in [0.5, 0.6) is 0 Å². The van der Waals surface area contributed by atoms with Crippen molar-refractivity contribution in [3.63, 3.8) is 0 Å². The van der Waals surface area contributed by atoms with Gasteiger partial charge in [0, 0.05) is 28.3 Å². The van der Waals surface area contributed by atoms with Crippen molar-refractivity contribution in [2.75, 3.05) is 0 Å². The summed E-state index contributed by atoms with van der Waals surface area (Å²) in [4.78, 5) is 30.8. The van der Waals surface area contributed by atoms with Crippen LogP contribution in [0.15, 0.2) is 315 Å². The number of aromatic nitrogens is 10. The minimum Gasteiger partial charge on any atom is -0.276 e. The molecule has 0 aliphatic rings. The third kappa shape index (κ3) is 8.80. The van der Waals surface area contributed by atoms with E-state index >= 15 is 0 Å². The minimum absolute atomic E-state index is 0.576. The van der Waals surface area contributed by atoms with Gasteiger partial charge in [0.1, 0.15) is 5.82 Å². The molecule has 0 spiro atoms. The van der Waals surface area contributed by atoms with Crippen molar-refractivity contribution in [2.24, 2.45) is 0 Å². The molecule has 0 aliphatic carbocycles. The molecule has 10 nitrogen and oxygen atoms in total. The number of imidazole rings is 4. The van der Waals surface area contributed by atoms with Crippen LogP contribution in [-0.2, 0) is 0 Å². The molecule has 6 heterocycles. The second-order valence-corrected chi connectivity index (χ2v) is 23.1. The molecule has 0 saturated heterocycles. The Balaban J connectivity index is 0.000000141. The molecule has 0 radical (unpaired) electrons. The maximum Gasteiger partial charge on any atom is 0.238 e. The Morgan fingerprint density at radius 3 is 1.11 bits per heavy atom. The lowest BCUT2D eigenvalue weighted by Gasteiger charge is -2.12. The molecule has 0 bridgehead atoms. The highest BCUT2D eigenvalue weighted by Crippen LogP contribution is 2.40. The van der Waals surface area contributed by atoms with Gasteiger partial charge < -0.3 is 0 Å². The monoisotopic (exact) mass is 1180 g/mol. The summed E-state index contributed by atoms with van der Waals surface area (Å²) in [5.74, 6) is 3.61. The lowest BCUT2D eigenvalue weighted by atomic mass is 9.92. The number of para-hydroxylation sites is 4. The molecule has 430 valence electrons. The van der Waals surface area contributed by atoms with Crippen LogP contribution in [0.3, 0.4) is 0 Å². The van der Waals surface area contributed by atoms with Gasteiger partial charge >= 0.3 is 0 Å². The second-order valence-electron chi connectivity index (χ2n) is 23.1. The second kappa shape index (κ2) is 21.6. The van der Waals surface area contributed by atoms with Gasteiger partial charge in [-0.05, 0) is 115 Å². The van der Waals surface area contributed by atoms with E-state index in [1.807, 2.05) is 103 Å². The smallest absolute Gasteiger partial charge is 0.238 e. The van der Waals surface area contributed by atoms with Crippen molar-refractivity contribution in [2.45, 2.75) is 0 Å². The summed E-state index contributed by atoms with van der Waals surface area (Å²) in [6.45, 7) is 0. The van der Waals surface area contributed by atoms with Crippen LogP contribution in [0.25, 0.3) is 167 Å². The standard InChI is InChI=1S/C47H29N5.C35H23N5/c1-3-13-30(14-4-1)41-29-42(31-15-5-2-6-16-31)49-46(48-41)52-44-26-24-33(28-45(44)51-43-22-12-11-21-40(43)50-47(51)52)32-23-25-38-36-19-8-7-17-34(36)35-18-9-10-20-37(35)39(38)27-32;1-4-12-24(13-5-1)27-20-21-31-32(22-27)39-30-19-11-10-18-28(30)37-35(39)40(31)33-23-29(25-14-6-2-7-15-25)36-34(38-33)26-16-8-3-9-17-26/h1-29H;1-23H. The van der Waals surface area contributed by atoms with Gasteiger partial charge in [0.05, 0.1) is 61.2 Å². The highest BCUT2D eigenvalue weighted by molar-refractivity contribution is 6.25. The number of rotatable bonds is 8. The third-order valence-electron chi connectivity index (χ3n) is 17.7. The number of hydrogen-bond donors (Lipinski definition) is 0. The fourth-order valence-electron chi connectivity index (χ4n) is 13.4. The Bertz CT molecular complexity index is 5900. The molecule has 19 aromatic rings. The molecule has 0 amide bonds. The van der Waals surface area contributed by atoms with Gasteiger partial charge in [0.25, 0.3) is 0 Å². The summed E-state index contributed by atoms with van der Waals surface area (Å²) >= 11 is 0.